The third-order valence-corrected chi connectivity index (χ3v) is 11.4. The van der Waals surface area contributed by atoms with Gasteiger partial charge in [0.25, 0.3) is 0 Å². The molecule has 0 saturated heterocycles. The summed E-state index contributed by atoms with van der Waals surface area (Å²) in [6, 6.07) is 48.6. The van der Waals surface area contributed by atoms with Crippen molar-refractivity contribution in [1.82, 2.24) is 4.98 Å². The molecule has 0 radical (unpaired) electrons. The van der Waals surface area contributed by atoms with Crippen molar-refractivity contribution in [3.63, 3.8) is 0 Å². The van der Waals surface area contributed by atoms with Crippen molar-refractivity contribution < 1.29 is 0 Å². The van der Waals surface area contributed by atoms with Crippen LogP contribution in [0.2, 0.25) is 0 Å². The van der Waals surface area contributed by atoms with Gasteiger partial charge in [-0.1, -0.05) is 105 Å². The zero-order chi connectivity index (χ0) is 29.4. The summed E-state index contributed by atoms with van der Waals surface area (Å²) < 4.78 is 3.79. The quantitative estimate of drug-likeness (QED) is 0.200. The van der Waals surface area contributed by atoms with E-state index in [2.05, 4.69) is 152 Å². The highest BCUT2D eigenvalue weighted by Gasteiger charge is 2.35. The van der Waals surface area contributed by atoms with Gasteiger partial charge in [-0.2, -0.15) is 0 Å². The topological polar surface area (TPSA) is 16.1 Å². The molecule has 0 fully saturated rings. The summed E-state index contributed by atoms with van der Waals surface area (Å²) in [5, 5.41) is 3.66. The number of fused-ring (bicyclic) bond motifs is 7. The second-order valence-electron chi connectivity index (χ2n) is 12.0. The van der Waals surface area contributed by atoms with Crippen molar-refractivity contribution in [3.05, 3.63) is 145 Å². The first-order chi connectivity index (χ1) is 21.6. The summed E-state index contributed by atoms with van der Waals surface area (Å²) >= 11 is 3.63. The van der Waals surface area contributed by atoms with E-state index >= 15 is 0 Å². The number of thiazole rings is 1. The first-order valence-electron chi connectivity index (χ1n) is 15.0. The lowest BCUT2D eigenvalue weighted by Gasteiger charge is -2.28. The average molecular weight is 601 g/mol. The molecule has 0 atom stereocenters. The number of benzene rings is 6. The zero-order valence-corrected chi connectivity index (χ0v) is 26.0. The van der Waals surface area contributed by atoms with Gasteiger partial charge in [0.15, 0.2) is 0 Å². The van der Waals surface area contributed by atoms with Gasteiger partial charge >= 0.3 is 0 Å². The van der Waals surface area contributed by atoms with Crippen LogP contribution in [0.1, 0.15) is 25.0 Å². The van der Waals surface area contributed by atoms with E-state index in [0.717, 1.165) is 21.8 Å². The molecule has 9 rings (SSSR count). The number of hydrogen-bond donors (Lipinski definition) is 0. The molecule has 0 unspecified atom stereocenters. The molecule has 0 saturated carbocycles. The van der Waals surface area contributed by atoms with Crippen LogP contribution in [0.25, 0.3) is 52.1 Å². The van der Waals surface area contributed by atoms with Crippen LogP contribution < -0.4 is 4.90 Å². The summed E-state index contributed by atoms with van der Waals surface area (Å²) in [6.07, 6.45) is 0. The maximum absolute atomic E-state index is 5.00. The Morgan fingerprint density at radius 2 is 1.30 bits per heavy atom. The molecule has 2 heterocycles. The van der Waals surface area contributed by atoms with Crippen molar-refractivity contribution in [2.24, 2.45) is 0 Å². The molecular weight excluding hydrogens is 573 g/mol. The lowest BCUT2D eigenvalue weighted by Crippen LogP contribution is -2.16. The van der Waals surface area contributed by atoms with Crippen LogP contribution >= 0.6 is 22.7 Å². The first-order valence-corrected chi connectivity index (χ1v) is 16.6. The smallest absolute Gasteiger partial charge is 0.124 e. The molecule has 0 aliphatic heterocycles. The molecule has 4 heteroatoms. The molecule has 44 heavy (non-hydrogen) atoms. The Labute approximate surface area is 264 Å². The Hall–Kier alpha value is -4.77. The zero-order valence-electron chi connectivity index (χ0n) is 24.4. The molecular formula is C40H28N2S2. The average Bonchev–Trinajstić information content (AvgIpc) is 3.73. The Morgan fingerprint density at radius 1 is 0.568 bits per heavy atom. The third kappa shape index (κ3) is 3.81. The summed E-state index contributed by atoms with van der Waals surface area (Å²) in [4.78, 5) is 7.46. The normalized spacial score (nSPS) is 13.4. The van der Waals surface area contributed by atoms with Crippen LogP contribution in [0.4, 0.5) is 17.1 Å². The molecule has 0 spiro atoms. The maximum atomic E-state index is 5.00. The van der Waals surface area contributed by atoms with Crippen molar-refractivity contribution in [2.45, 2.75) is 19.3 Å². The Bertz CT molecular complexity index is 2380. The van der Waals surface area contributed by atoms with Crippen LogP contribution in [-0.2, 0) is 5.41 Å². The predicted molar refractivity (Wildman–Crippen MR) is 190 cm³/mol. The molecule has 1 aliphatic carbocycles. The molecule has 210 valence electrons. The van der Waals surface area contributed by atoms with Crippen LogP contribution in [0.15, 0.2) is 133 Å². The number of anilines is 3. The van der Waals surface area contributed by atoms with Crippen LogP contribution in [0.3, 0.4) is 0 Å². The minimum atomic E-state index is -0.0799. The molecule has 0 bridgehead atoms. The van der Waals surface area contributed by atoms with Crippen LogP contribution in [0.5, 0.6) is 0 Å². The van der Waals surface area contributed by atoms with Gasteiger partial charge < -0.3 is 4.90 Å². The number of nitrogens with zero attached hydrogens (tertiary/aromatic N) is 2. The molecule has 8 aromatic rings. The monoisotopic (exact) mass is 600 g/mol. The van der Waals surface area contributed by atoms with E-state index in [-0.39, 0.29) is 5.41 Å². The highest BCUT2D eigenvalue weighted by atomic mass is 32.1. The van der Waals surface area contributed by atoms with E-state index in [1.165, 1.54) is 58.5 Å². The van der Waals surface area contributed by atoms with Crippen molar-refractivity contribution in [2.75, 3.05) is 4.90 Å². The van der Waals surface area contributed by atoms with Crippen LogP contribution in [-0.4, -0.2) is 4.98 Å². The second-order valence-corrected chi connectivity index (χ2v) is 14.1. The summed E-state index contributed by atoms with van der Waals surface area (Å²) in [6.45, 7) is 4.71. The molecule has 0 amide bonds. The standard InChI is InChI=1S/C40H28N2S2/c1-40(2)32-16-8-6-13-28(32)29-21-19-26(23-33(29)40)42(35-17-10-15-31-30-14-7-9-18-36(30)43-38(31)35)27-20-22-34-37(24-27)44-39(41-34)25-11-4-3-5-12-25/h3-24H,1-2H3. The van der Waals surface area contributed by atoms with Gasteiger partial charge in [-0.25, -0.2) is 4.98 Å². The molecule has 2 nitrogen and oxygen atoms in total. The van der Waals surface area contributed by atoms with Gasteiger partial charge in [0.1, 0.15) is 5.01 Å². The number of hydrogen-bond acceptors (Lipinski definition) is 4. The number of rotatable bonds is 4. The first kappa shape index (κ1) is 25.7. The van der Waals surface area contributed by atoms with Crippen molar-refractivity contribution in [1.29, 1.82) is 0 Å². The second kappa shape index (κ2) is 9.62. The Balaban J connectivity index is 1.28. The predicted octanol–water partition coefficient (Wildman–Crippen LogP) is 12.1. The Kier molecular flexibility index (Phi) is 5.62. The van der Waals surface area contributed by atoms with E-state index < -0.39 is 0 Å². The fourth-order valence-corrected chi connectivity index (χ4v) is 9.13. The highest BCUT2D eigenvalue weighted by molar-refractivity contribution is 7.26. The van der Waals surface area contributed by atoms with Gasteiger partial charge in [0.2, 0.25) is 0 Å². The fourth-order valence-electron chi connectivity index (χ4n) is 6.92. The molecule has 1 aliphatic rings. The third-order valence-electron chi connectivity index (χ3n) is 9.10. The van der Waals surface area contributed by atoms with Crippen molar-refractivity contribution in [3.8, 4) is 21.7 Å². The van der Waals surface area contributed by atoms with Gasteiger partial charge in [0, 0.05) is 37.8 Å². The Morgan fingerprint density at radius 3 is 2.20 bits per heavy atom. The van der Waals surface area contributed by atoms with E-state index in [0.29, 0.717) is 0 Å². The summed E-state index contributed by atoms with van der Waals surface area (Å²) in [7, 11) is 0. The lowest BCUT2D eigenvalue weighted by atomic mass is 9.82. The minimum Gasteiger partial charge on any atom is -0.309 e. The fraction of sp³-hybridized carbons (Fsp3) is 0.0750. The lowest BCUT2D eigenvalue weighted by molar-refractivity contribution is 0.660. The molecule has 2 aromatic heterocycles. The molecule has 0 N–H and O–H groups in total. The maximum Gasteiger partial charge on any atom is 0.124 e. The van der Waals surface area contributed by atoms with Gasteiger partial charge in [-0.15, -0.1) is 22.7 Å². The summed E-state index contributed by atoms with van der Waals surface area (Å²) in [5.41, 5.74) is 11.1. The minimum absolute atomic E-state index is 0.0799. The largest absolute Gasteiger partial charge is 0.309 e. The van der Waals surface area contributed by atoms with Gasteiger partial charge in [-0.05, 0) is 64.7 Å². The molecule has 6 aromatic carbocycles. The van der Waals surface area contributed by atoms with Crippen LogP contribution in [0, 0.1) is 0 Å². The highest BCUT2D eigenvalue weighted by Crippen LogP contribution is 2.52. The van der Waals surface area contributed by atoms with Gasteiger partial charge in [-0.3, -0.25) is 0 Å². The van der Waals surface area contributed by atoms with E-state index in [9.17, 15) is 0 Å². The number of thiophene rings is 1. The summed E-state index contributed by atoms with van der Waals surface area (Å²) in [5.74, 6) is 0. The number of aromatic nitrogens is 1. The van der Waals surface area contributed by atoms with Gasteiger partial charge in [0.05, 0.1) is 20.6 Å². The van der Waals surface area contributed by atoms with Crippen molar-refractivity contribution >= 4 is 70.1 Å². The van der Waals surface area contributed by atoms with E-state index in [4.69, 9.17) is 4.98 Å². The SMILES string of the molecule is CC1(C)c2ccccc2-c2ccc(N(c3ccc4nc(-c5ccccc5)sc4c3)c3cccc4c3sc3ccccc34)cc21. The van der Waals surface area contributed by atoms with E-state index in [1.807, 2.05) is 11.3 Å². The van der Waals surface area contributed by atoms with E-state index in [1.54, 1.807) is 11.3 Å².